The highest BCUT2D eigenvalue weighted by molar-refractivity contribution is 5.52. The van der Waals surface area contributed by atoms with Gasteiger partial charge in [-0.2, -0.15) is 0 Å². The smallest absolute Gasteiger partial charge is 0.134 e. The van der Waals surface area contributed by atoms with E-state index in [1.54, 1.807) is 6.33 Å². The molecule has 1 aromatic rings. The van der Waals surface area contributed by atoms with Gasteiger partial charge in [0.1, 0.15) is 18.0 Å². The average Bonchev–Trinajstić information content (AvgIpc) is 3.11. The Morgan fingerprint density at radius 3 is 1.54 bits per heavy atom. The van der Waals surface area contributed by atoms with E-state index in [1.807, 2.05) is 0 Å². The zero-order valence-corrected chi connectivity index (χ0v) is 16.0. The van der Waals surface area contributed by atoms with Crippen molar-refractivity contribution in [2.75, 3.05) is 64.2 Å². The van der Waals surface area contributed by atoms with Crippen LogP contribution in [0.15, 0.2) is 12.4 Å². The molecule has 2 aliphatic heterocycles. The van der Waals surface area contributed by atoms with Gasteiger partial charge in [-0.05, 0) is 40.0 Å². The molecule has 6 heteroatoms. The summed E-state index contributed by atoms with van der Waals surface area (Å²) < 4.78 is 0. The van der Waals surface area contributed by atoms with Crippen molar-refractivity contribution < 1.29 is 0 Å². The molecule has 0 amide bonds. The molecule has 1 aromatic heterocycles. The van der Waals surface area contributed by atoms with E-state index in [0.717, 1.165) is 37.8 Å². The summed E-state index contributed by atoms with van der Waals surface area (Å²) in [5, 5.41) is 0. The molecule has 0 aliphatic carbocycles. The number of hydrogen-bond donors (Lipinski definition) is 0. The maximum Gasteiger partial charge on any atom is 0.134 e. The maximum absolute atomic E-state index is 4.55. The van der Waals surface area contributed by atoms with Crippen molar-refractivity contribution in [2.45, 2.75) is 25.9 Å². The summed E-state index contributed by atoms with van der Waals surface area (Å²) in [6.45, 7) is 8.88. The van der Waals surface area contributed by atoms with Crippen molar-refractivity contribution in [2.24, 2.45) is 11.8 Å². The quantitative estimate of drug-likeness (QED) is 0.826. The second kappa shape index (κ2) is 6.84. The lowest BCUT2D eigenvalue weighted by molar-refractivity contribution is 0.266. The van der Waals surface area contributed by atoms with Crippen molar-refractivity contribution in [1.82, 2.24) is 19.8 Å². The van der Waals surface area contributed by atoms with Crippen LogP contribution in [0, 0.1) is 11.8 Å². The fraction of sp³-hybridized carbons (Fsp3) is 0.778. The third-order valence-electron chi connectivity index (χ3n) is 5.76. The van der Waals surface area contributed by atoms with Gasteiger partial charge in [-0.1, -0.05) is 13.8 Å². The molecular formula is C18H32N6. The Kier molecular flexibility index (Phi) is 4.97. The SMILES string of the molecule is CC1CN(c2cc(N3CC(C)C(N(C)C)C3)ncn2)CC1N(C)C. The van der Waals surface area contributed by atoms with Gasteiger partial charge in [0.2, 0.25) is 0 Å². The van der Waals surface area contributed by atoms with Gasteiger partial charge in [0.25, 0.3) is 0 Å². The molecule has 2 saturated heterocycles. The van der Waals surface area contributed by atoms with E-state index in [4.69, 9.17) is 0 Å². The molecule has 0 saturated carbocycles. The van der Waals surface area contributed by atoms with Gasteiger partial charge in [-0.3, -0.25) is 0 Å². The molecule has 6 nitrogen and oxygen atoms in total. The van der Waals surface area contributed by atoms with E-state index >= 15 is 0 Å². The van der Waals surface area contributed by atoms with E-state index in [-0.39, 0.29) is 0 Å². The average molecular weight is 332 g/mol. The molecule has 0 bridgehead atoms. The highest BCUT2D eigenvalue weighted by atomic mass is 15.3. The Balaban J connectivity index is 1.74. The molecule has 0 spiro atoms. The Labute approximate surface area is 146 Å². The molecule has 0 aromatic carbocycles. The standard InChI is InChI=1S/C18H32N6/c1-13-8-23(10-15(13)21(3)4)17-7-18(20-12-19-17)24-9-14(2)16(11-24)22(5)6/h7,12-16H,8-11H2,1-6H3. The van der Waals surface area contributed by atoms with Gasteiger partial charge in [0.15, 0.2) is 0 Å². The monoisotopic (exact) mass is 332 g/mol. The zero-order valence-electron chi connectivity index (χ0n) is 16.0. The molecule has 3 rings (SSSR count). The normalized spacial score (nSPS) is 30.8. The lowest BCUT2D eigenvalue weighted by Gasteiger charge is -2.24. The molecule has 2 aliphatic rings. The van der Waals surface area contributed by atoms with E-state index in [2.05, 4.69) is 77.7 Å². The molecule has 4 unspecified atom stereocenters. The van der Waals surface area contributed by atoms with Crippen LogP contribution in [0.25, 0.3) is 0 Å². The summed E-state index contributed by atoms with van der Waals surface area (Å²) in [5.41, 5.74) is 0. The van der Waals surface area contributed by atoms with Gasteiger partial charge in [-0.25, -0.2) is 9.97 Å². The van der Waals surface area contributed by atoms with Crippen molar-refractivity contribution >= 4 is 11.6 Å². The van der Waals surface area contributed by atoms with Crippen LogP contribution in [0.5, 0.6) is 0 Å². The van der Waals surface area contributed by atoms with Gasteiger partial charge in [0, 0.05) is 44.3 Å². The van der Waals surface area contributed by atoms with Crippen molar-refractivity contribution in [3.05, 3.63) is 12.4 Å². The van der Waals surface area contributed by atoms with Crippen LogP contribution < -0.4 is 9.80 Å². The first-order valence-electron chi connectivity index (χ1n) is 9.01. The molecule has 24 heavy (non-hydrogen) atoms. The zero-order chi connectivity index (χ0) is 17.4. The van der Waals surface area contributed by atoms with Gasteiger partial charge >= 0.3 is 0 Å². The summed E-state index contributed by atoms with van der Waals surface area (Å²) in [7, 11) is 8.68. The third-order valence-corrected chi connectivity index (χ3v) is 5.76. The molecule has 0 radical (unpaired) electrons. The highest BCUT2D eigenvalue weighted by Crippen LogP contribution is 2.29. The number of likely N-dealkylation sites (N-methyl/N-ethyl adjacent to an activating group) is 2. The second-order valence-electron chi connectivity index (χ2n) is 8.06. The van der Waals surface area contributed by atoms with Crippen molar-refractivity contribution in [1.29, 1.82) is 0 Å². The van der Waals surface area contributed by atoms with Crippen LogP contribution in [0.4, 0.5) is 11.6 Å². The number of rotatable bonds is 4. The minimum atomic E-state index is 0.591. The highest BCUT2D eigenvalue weighted by Gasteiger charge is 2.34. The number of nitrogens with zero attached hydrogens (tertiary/aromatic N) is 6. The Morgan fingerprint density at radius 2 is 1.21 bits per heavy atom. The van der Waals surface area contributed by atoms with Gasteiger partial charge < -0.3 is 19.6 Å². The first-order valence-corrected chi connectivity index (χ1v) is 9.01. The summed E-state index contributed by atoms with van der Waals surface area (Å²) in [4.78, 5) is 18.6. The summed E-state index contributed by atoms with van der Waals surface area (Å²) >= 11 is 0. The van der Waals surface area contributed by atoms with E-state index < -0.39 is 0 Å². The lowest BCUT2D eigenvalue weighted by atomic mass is 10.1. The van der Waals surface area contributed by atoms with Crippen LogP contribution in [-0.4, -0.2) is 86.2 Å². The van der Waals surface area contributed by atoms with Gasteiger partial charge in [-0.15, -0.1) is 0 Å². The maximum atomic E-state index is 4.55. The van der Waals surface area contributed by atoms with Crippen LogP contribution in [0.1, 0.15) is 13.8 Å². The number of aromatic nitrogens is 2. The third kappa shape index (κ3) is 3.35. The fourth-order valence-corrected chi connectivity index (χ4v) is 4.30. The fourth-order valence-electron chi connectivity index (χ4n) is 4.30. The summed E-state index contributed by atoms with van der Waals surface area (Å²) in [6, 6.07) is 3.36. The lowest BCUT2D eigenvalue weighted by Crippen LogP contribution is -2.34. The predicted octanol–water partition coefficient (Wildman–Crippen LogP) is 1.25. The molecule has 4 atom stereocenters. The molecular weight excluding hydrogens is 300 g/mol. The molecule has 2 fully saturated rings. The van der Waals surface area contributed by atoms with Crippen LogP contribution in [0.2, 0.25) is 0 Å². The predicted molar refractivity (Wildman–Crippen MR) is 99.7 cm³/mol. The number of anilines is 2. The first-order chi connectivity index (χ1) is 11.4. The van der Waals surface area contributed by atoms with Crippen molar-refractivity contribution in [3.8, 4) is 0 Å². The Bertz CT molecular complexity index is 515. The van der Waals surface area contributed by atoms with E-state index in [0.29, 0.717) is 23.9 Å². The van der Waals surface area contributed by atoms with Crippen molar-refractivity contribution in [3.63, 3.8) is 0 Å². The molecule has 0 N–H and O–H groups in total. The van der Waals surface area contributed by atoms with Crippen LogP contribution in [-0.2, 0) is 0 Å². The summed E-state index contributed by atoms with van der Waals surface area (Å²) in [6.07, 6.45) is 1.73. The second-order valence-corrected chi connectivity index (χ2v) is 8.06. The van der Waals surface area contributed by atoms with Crippen LogP contribution >= 0.6 is 0 Å². The Morgan fingerprint density at radius 1 is 0.792 bits per heavy atom. The topological polar surface area (TPSA) is 38.7 Å². The molecule has 134 valence electrons. The summed E-state index contributed by atoms with van der Waals surface area (Å²) in [5.74, 6) is 3.45. The largest absolute Gasteiger partial charge is 0.355 e. The number of hydrogen-bond acceptors (Lipinski definition) is 6. The van der Waals surface area contributed by atoms with E-state index in [1.165, 1.54) is 0 Å². The minimum absolute atomic E-state index is 0.591. The Hall–Kier alpha value is -1.40. The van der Waals surface area contributed by atoms with Gasteiger partial charge in [0.05, 0.1) is 0 Å². The minimum Gasteiger partial charge on any atom is -0.355 e. The van der Waals surface area contributed by atoms with Crippen LogP contribution in [0.3, 0.4) is 0 Å². The van der Waals surface area contributed by atoms with E-state index in [9.17, 15) is 0 Å². The molecule has 3 heterocycles. The first kappa shape index (κ1) is 17.4.